The minimum absolute atomic E-state index is 1.04. The molecule has 0 fully saturated rings. The summed E-state index contributed by atoms with van der Waals surface area (Å²) in [5, 5.41) is 11.1. The monoisotopic (exact) mass is 1220 g/mol. The molecule has 0 spiro atoms. The van der Waals surface area contributed by atoms with Crippen molar-refractivity contribution in [3.8, 4) is 89.0 Å². The van der Waals surface area contributed by atoms with Crippen molar-refractivity contribution in [2.45, 2.75) is 51.9 Å². The third-order valence-electron chi connectivity index (χ3n) is 22.5. The average molecular weight is 1220 g/mol. The Morgan fingerprint density at radius 1 is 0.188 bits per heavy atom. The topological polar surface area (TPSA) is 0 Å². The predicted molar refractivity (Wildman–Crippen MR) is 404 cm³/mol. The molecule has 0 radical (unpaired) electrons. The summed E-state index contributed by atoms with van der Waals surface area (Å²) in [4.78, 5) is 0. The van der Waals surface area contributed by atoms with Crippen LogP contribution in [0.4, 0.5) is 0 Å². The van der Waals surface area contributed by atoms with Gasteiger partial charge in [0.2, 0.25) is 0 Å². The van der Waals surface area contributed by atoms with Crippen LogP contribution in [-0.2, 0) is 44.9 Å². The zero-order valence-electron chi connectivity index (χ0n) is 53.7. The Balaban J connectivity index is 0.0000000875. The summed E-state index contributed by atoms with van der Waals surface area (Å²) in [7, 11) is 0. The highest BCUT2D eigenvalue weighted by Crippen LogP contribution is 2.51. The molecule has 0 nitrogen and oxygen atoms in total. The lowest BCUT2D eigenvalue weighted by molar-refractivity contribution is 1.12. The molecule has 7 aliphatic carbocycles. The van der Waals surface area contributed by atoms with Crippen LogP contribution >= 0.6 is 0 Å². The van der Waals surface area contributed by atoms with Crippen LogP contribution in [0.25, 0.3) is 132 Å². The first-order chi connectivity index (χ1) is 47.5. The highest BCUT2D eigenvalue weighted by Gasteiger charge is 2.30. The van der Waals surface area contributed by atoms with Gasteiger partial charge in [-0.2, -0.15) is 0 Å². The molecule has 0 saturated heterocycles. The van der Waals surface area contributed by atoms with Gasteiger partial charge in [0.1, 0.15) is 0 Å². The van der Waals surface area contributed by atoms with Crippen molar-refractivity contribution < 1.29 is 0 Å². The molecule has 16 aromatic carbocycles. The molecule has 16 aromatic rings. The maximum absolute atomic E-state index is 2.46. The molecule has 0 aromatic heterocycles. The Labute approximate surface area is 561 Å². The Hall–Kier alpha value is -11.4. The smallest absolute Gasteiger partial charge is 0.00102 e. The molecule has 0 heterocycles. The van der Waals surface area contributed by atoms with Crippen LogP contribution in [-0.4, -0.2) is 0 Å². The number of hydrogen-bond acceptors (Lipinski definition) is 0. The average Bonchev–Trinajstić information content (AvgIpc) is 1.39. The van der Waals surface area contributed by atoms with Gasteiger partial charge >= 0.3 is 0 Å². The van der Waals surface area contributed by atoms with Crippen LogP contribution in [0.15, 0.2) is 297 Å². The van der Waals surface area contributed by atoms with Crippen LogP contribution in [0.5, 0.6) is 0 Å². The van der Waals surface area contributed by atoms with Crippen LogP contribution in [0.2, 0.25) is 0 Å². The second kappa shape index (κ2) is 21.8. The lowest BCUT2D eigenvalue weighted by Gasteiger charge is -2.23. The lowest BCUT2D eigenvalue weighted by atomic mass is 9.80. The molecule has 0 heteroatoms. The minimum atomic E-state index is 1.04. The van der Waals surface area contributed by atoms with Gasteiger partial charge in [0.15, 0.2) is 0 Å². The first kappa shape index (κ1) is 55.1. The van der Waals surface area contributed by atoms with Crippen molar-refractivity contribution in [1.29, 1.82) is 0 Å². The molecular weight excluding hydrogens is 1150 g/mol. The first-order valence-corrected chi connectivity index (χ1v) is 34.4. The largest absolute Gasteiger partial charge is 0.0622 e. The van der Waals surface area contributed by atoms with Gasteiger partial charge in [0, 0.05) is 0 Å². The van der Waals surface area contributed by atoms with Crippen molar-refractivity contribution >= 4 is 43.1 Å². The summed E-state index contributed by atoms with van der Waals surface area (Å²) in [5.74, 6) is 0. The predicted octanol–water partition coefficient (Wildman–Crippen LogP) is 24.3. The Morgan fingerprint density at radius 2 is 0.542 bits per heavy atom. The summed E-state index contributed by atoms with van der Waals surface area (Å²) < 4.78 is 0. The zero-order valence-corrected chi connectivity index (χ0v) is 53.7. The lowest BCUT2D eigenvalue weighted by Crippen LogP contribution is -2.04. The maximum atomic E-state index is 2.46. The molecule has 23 rings (SSSR count). The highest BCUT2D eigenvalue weighted by molar-refractivity contribution is 6.06. The summed E-state index contributed by atoms with van der Waals surface area (Å²) in [6, 6.07) is 110. The molecule has 96 heavy (non-hydrogen) atoms. The van der Waals surface area contributed by atoms with Crippen molar-refractivity contribution in [2.75, 3.05) is 0 Å². The first-order valence-electron chi connectivity index (χ1n) is 34.4. The van der Waals surface area contributed by atoms with E-state index in [1.54, 1.807) is 5.56 Å². The van der Waals surface area contributed by atoms with Crippen molar-refractivity contribution in [3.63, 3.8) is 0 Å². The van der Waals surface area contributed by atoms with Gasteiger partial charge in [-0.15, -0.1) is 0 Å². The standard InChI is InChI=1S/3C24H16.C24H18/c1-4-8-21-15(5-1)9-10-17-12-19-13-22-18(14-23(19)24(17)21)11-16-6-2-3-7-20(16)22;1-2-9-20-16(5-1)11-18-14-23-19(13-22(18)20)12-17-8-3-6-15-7-4-10-21(23)24(15)17;1-2-9-18-16(5-1)13-22-19(18)11-12-20-21-10-4-7-15-6-3-8-17(24(15)21)14-23(20)22;1-16-20(17-7-3-2-4-8-17)13-14-22-23(16)15-19-12-11-18-9-5-6-10-21(18)24(19)22/h2*1-10,13-14H,11-12H2;1-12H,13-14H2;2-14H,15H2,1H3. The van der Waals surface area contributed by atoms with Crippen LogP contribution in [0.3, 0.4) is 0 Å². The second-order valence-corrected chi connectivity index (χ2v) is 27.6. The van der Waals surface area contributed by atoms with Gasteiger partial charge in [-0.1, -0.05) is 273 Å². The van der Waals surface area contributed by atoms with E-state index in [2.05, 4.69) is 304 Å². The molecule has 0 N–H and O–H groups in total. The fourth-order valence-corrected chi connectivity index (χ4v) is 18.0. The van der Waals surface area contributed by atoms with E-state index >= 15 is 0 Å². The quantitative estimate of drug-likeness (QED) is 0.154. The minimum Gasteiger partial charge on any atom is -0.0622 e. The molecule has 450 valence electrons. The molecule has 0 amide bonds. The summed E-state index contributed by atoms with van der Waals surface area (Å²) >= 11 is 0. The Morgan fingerprint density at radius 3 is 1.15 bits per heavy atom. The van der Waals surface area contributed by atoms with Gasteiger partial charge in [-0.3, -0.25) is 0 Å². The zero-order chi connectivity index (χ0) is 63.1. The number of rotatable bonds is 1. The summed E-state index contributed by atoms with van der Waals surface area (Å²) in [6.45, 7) is 2.27. The second-order valence-electron chi connectivity index (χ2n) is 27.6. The molecule has 7 aliphatic rings. The van der Waals surface area contributed by atoms with Crippen molar-refractivity contribution in [2.24, 2.45) is 0 Å². The summed E-state index contributed by atoms with van der Waals surface area (Å²) in [5.41, 5.74) is 44.9. The van der Waals surface area contributed by atoms with Crippen LogP contribution in [0.1, 0.15) is 83.5 Å². The third-order valence-corrected chi connectivity index (χ3v) is 22.5. The fourth-order valence-electron chi connectivity index (χ4n) is 18.0. The number of benzene rings is 16. The van der Waals surface area contributed by atoms with Crippen molar-refractivity contribution in [3.05, 3.63) is 381 Å². The number of fused-ring (bicyclic) bond motifs is 24. The van der Waals surface area contributed by atoms with E-state index in [0.717, 1.165) is 44.9 Å². The van der Waals surface area contributed by atoms with Gasteiger partial charge in [0.25, 0.3) is 0 Å². The molecule has 0 atom stereocenters. The Bertz CT molecular complexity index is 5910. The van der Waals surface area contributed by atoms with Gasteiger partial charge < -0.3 is 0 Å². The Kier molecular flexibility index (Phi) is 12.5. The molecule has 0 aliphatic heterocycles. The van der Waals surface area contributed by atoms with E-state index in [-0.39, 0.29) is 0 Å². The van der Waals surface area contributed by atoms with Gasteiger partial charge in [-0.25, -0.2) is 0 Å². The van der Waals surface area contributed by atoms with E-state index in [0.29, 0.717) is 0 Å². The summed E-state index contributed by atoms with van der Waals surface area (Å²) in [6.07, 6.45) is 7.41. The van der Waals surface area contributed by atoms with Gasteiger partial charge in [-0.05, 0) is 292 Å². The van der Waals surface area contributed by atoms with E-state index in [9.17, 15) is 0 Å². The molecule has 0 saturated carbocycles. The van der Waals surface area contributed by atoms with Crippen LogP contribution in [0, 0.1) is 6.92 Å². The fraction of sp³-hybridized carbons (Fsp3) is 0.0833. The van der Waals surface area contributed by atoms with Crippen molar-refractivity contribution in [1.82, 2.24) is 0 Å². The molecule has 0 unspecified atom stereocenters. The molecular formula is C96H66. The van der Waals surface area contributed by atoms with E-state index in [1.165, 1.54) is 210 Å². The van der Waals surface area contributed by atoms with E-state index in [1.807, 2.05) is 0 Å². The normalized spacial score (nSPS) is 13.2. The van der Waals surface area contributed by atoms with Crippen LogP contribution < -0.4 is 0 Å². The number of hydrogen-bond donors (Lipinski definition) is 0. The van der Waals surface area contributed by atoms with E-state index < -0.39 is 0 Å². The van der Waals surface area contributed by atoms with Gasteiger partial charge in [0.05, 0.1) is 0 Å². The maximum Gasteiger partial charge on any atom is -0.00102 e. The third kappa shape index (κ3) is 8.68. The van der Waals surface area contributed by atoms with E-state index in [4.69, 9.17) is 0 Å². The highest BCUT2D eigenvalue weighted by atomic mass is 14.3. The molecule has 0 bridgehead atoms. The SMILES string of the molecule is Cc1c(-c2ccccc2)ccc2c1Cc1ccc3ccccc3c1-2.c1ccc2c(c1)Cc1c-2ccc2c1Cc1cccc3cccc-2c13.c1ccc2c(c1)Cc1cc3c(cc1-2)Cc1ccc2ccccc2c1-3.c1ccc2c(c1)Cc1cc3c(cc1-2)Cc1cccc2cccc-3c12.